The van der Waals surface area contributed by atoms with Crippen molar-refractivity contribution in [2.75, 3.05) is 5.32 Å². The topological polar surface area (TPSA) is 126 Å². The molecule has 31 heavy (non-hydrogen) atoms. The molecule has 1 aliphatic rings. The Kier molecular flexibility index (Phi) is 6.79. The summed E-state index contributed by atoms with van der Waals surface area (Å²) in [5.74, 6) is -0.498. The molecule has 0 fully saturated rings. The molecule has 3 N–H and O–H groups in total. The van der Waals surface area contributed by atoms with E-state index in [0.717, 1.165) is 11.3 Å². The van der Waals surface area contributed by atoms with E-state index < -0.39 is 17.7 Å². The number of hydrogen-bond acceptors (Lipinski definition) is 8. The zero-order valence-corrected chi connectivity index (χ0v) is 18.6. The minimum atomic E-state index is -0.957. The minimum absolute atomic E-state index is 0.0664. The Hall–Kier alpha value is -3.14. The van der Waals surface area contributed by atoms with E-state index in [0.29, 0.717) is 17.7 Å². The highest BCUT2D eigenvalue weighted by Crippen LogP contribution is 2.38. The summed E-state index contributed by atoms with van der Waals surface area (Å²) in [4.78, 5) is 36.3. The third-order valence-electron chi connectivity index (χ3n) is 4.23. The number of amidine groups is 1. The van der Waals surface area contributed by atoms with Gasteiger partial charge in [-0.1, -0.05) is 23.9 Å². The average molecular weight is 444 g/mol. The zero-order chi connectivity index (χ0) is 22.6. The van der Waals surface area contributed by atoms with Crippen LogP contribution < -0.4 is 10.6 Å². The van der Waals surface area contributed by atoms with Crippen LogP contribution in [0, 0.1) is 0 Å². The van der Waals surface area contributed by atoms with Gasteiger partial charge in [0.25, 0.3) is 0 Å². The Labute approximate surface area is 184 Å². The average Bonchev–Trinajstić information content (AvgIpc) is 3.05. The van der Waals surface area contributed by atoms with Crippen LogP contribution in [0.2, 0.25) is 0 Å². The number of ether oxygens (including phenoxy) is 1. The number of carboxylic acids is 1. The maximum absolute atomic E-state index is 12.0. The molecular weight excluding hydrogens is 418 g/mol. The van der Waals surface area contributed by atoms with Gasteiger partial charge in [-0.15, -0.1) is 0 Å². The molecule has 0 radical (unpaired) electrons. The number of aromatic nitrogens is 2. The van der Waals surface area contributed by atoms with Crippen LogP contribution in [0.3, 0.4) is 0 Å². The van der Waals surface area contributed by atoms with Gasteiger partial charge in [0.05, 0.1) is 22.5 Å². The summed E-state index contributed by atoms with van der Waals surface area (Å²) < 4.78 is 5.28. The first-order valence-electron chi connectivity index (χ1n) is 9.74. The lowest BCUT2D eigenvalue weighted by atomic mass is 10.1. The maximum atomic E-state index is 12.0. The van der Waals surface area contributed by atoms with Gasteiger partial charge in [-0.2, -0.15) is 0 Å². The van der Waals surface area contributed by atoms with Crippen molar-refractivity contribution in [2.45, 2.75) is 51.1 Å². The van der Waals surface area contributed by atoms with Gasteiger partial charge in [-0.3, -0.25) is 10.3 Å². The van der Waals surface area contributed by atoms with Crippen LogP contribution in [0.25, 0.3) is 0 Å². The predicted octanol–water partition coefficient (Wildman–Crippen LogP) is 3.84. The predicted molar refractivity (Wildman–Crippen MR) is 119 cm³/mol. The number of amides is 1. The molecule has 2 atom stereocenters. The van der Waals surface area contributed by atoms with Crippen molar-refractivity contribution in [3.05, 3.63) is 53.3 Å². The molecule has 0 spiro atoms. The van der Waals surface area contributed by atoms with Crippen LogP contribution >= 0.6 is 11.8 Å². The summed E-state index contributed by atoms with van der Waals surface area (Å²) in [6.45, 7) is 7.83. The second-order valence-corrected chi connectivity index (χ2v) is 9.13. The molecule has 2 aromatic rings. The van der Waals surface area contributed by atoms with E-state index in [-0.39, 0.29) is 16.9 Å². The van der Waals surface area contributed by atoms with Crippen LogP contribution in [0.5, 0.6) is 0 Å². The fourth-order valence-electron chi connectivity index (χ4n) is 2.82. The molecule has 164 valence electrons. The van der Waals surface area contributed by atoms with E-state index in [2.05, 4.69) is 25.6 Å². The molecular formula is C21H25N5O4S. The number of carbonyl (C=O) groups excluding carboxylic acids is 1. The van der Waals surface area contributed by atoms with Crippen LogP contribution in [-0.2, 0) is 11.3 Å². The van der Waals surface area contributed by atoms with E-state index in [1.807, 2.05) is 13.0 Å². The number of aliphatic imine (C=N–C) groups is 1. The summed E-state index contributed by atoms with van der Waals surface area (Å²) >= 11 is 1.42. The summed E-state index contributed by atoms with van der Waals surface area (Å²) in [7, 11) is 0. The normalized spacial score (nSPS) is 18.3. The zero-order valence-electron chi connectivity index (χ0n) is 17.7. The van der Waals surface area contributed by atoms with E-state index in [1.54, 1.807) is 51.2 Å². The number of anilines is 1. The number of nitrogens with zero attached hydrogens (tertiary/aromatic N) is 3. The van der Waals surface area contributed by atoms with Crippen molar-refractivity contribution in [2.24, 2.45) is 4.99 Å². The third-order valence-corrected chi connectivity index (χ3v) is 5.55. The highest BCUT2D eigenvalue weighted by atomic mass is 32.2. The van der Waals surface area contributed by atoms with Crippen molar-refractivity contribution in [1.82, 2.24) is 15.3 Å². The molecule has 0 saturated carbocycles. The van der Waals surface area contributed by atoms with Gasteiger partial charge >= 0.3 is 12.1 Å². The maximum Gasteiger partial charge on any atom is 0.413 e. The van der Waals surface area contributed by atoms with Crippen LogP contribution in [0.1, 0.15) is 54.6 Å². The SMILES string of the molecule is CC1N=C(NC(=O)OC(C)(C)C)SC1c1ccnc(NCc2ccc(C(=O)O)cc2)n1. The Morgan fingerprint density at radius 1 is 1.19 bits per heavy atom. The van der Waals surface area contributed by atoms with Gasteiger partial charge in [-0.25, -0.2) is 19.6 Å². The number of rotatable bonds is 5. The van der Waals surface area contributed by atoms with Crippen molar-refractivity contribution >= 4 is 34.9 Å². The smallest absolute Gasteiger partial charge is 0.413 e. The number of benzene rings is 1. The molecule has 2 heterocycles. The Morgan fingerprint density at radius 2 is 1.90 bits per heavy atom. The number of carboxylic acid groups (broad SMARTS) is 1. The van der Waals surface area contributed by atoms with Crippen molar-refractivity contribution in [3.63, 3.8) is 0 Å². The van der Waals surface area contributed by atoms with Crippen molar-refractivity contribution in [1.29, 1.82) is 0 Å². The molecule has 3 rings (SSSR count). The van der Waals surface area contributed by atoms with E-state index >= 15 is 0 Å². The number of carbonyl (C=O) groups is 2. The molecule has 1 amide bonds. The summed E-state index contributed by atoms with van der Waals surface area (Å²) in [6, 6.07) is 8.36. The number of thioether (sulfide) groups is 1. The first kappa shape index (κ1) is 22.5. The largest absolute Gasteiger partial charge is 0.478 e. The number of alkyl carbamates (subject to hydrolysis) is 1. The monoisotopic (exact) mass is 443 g/mol. The van der Waals surface area contributed by atoms with Crippen LogP contribution in [0.4, 0.5) is 10.7 Å². The van der Waals surface area contributed by atoms with Gasteiger partial charge in [-0.05, 0) is 51.5 Å². The first-order valence-corrected chi connectivity index (χ1v) is 10.6. The Morgan fingerprint density at radius 3 is 2.55 bits per heavy atom. The molecule has 0 saturated heterocycles. The second-order valence-electron chi connectivity index (χ2n) is 8.00. The van der Waals surface area contributed by atoms with Gasteiger partial charge in [0.2, 0.25) is 5.95 Å². The number of nitrogens with one attached hydrogen (secondary N) is 2. The van der Waals surface area contributed by atoms with E-state index in [9.17, 15) is 9.59 Å². The third kappa shape index (κ3) is 6.42. The fraction of sp³-hybridized carbons (Fsp3) is 0.381. The minimum Gasteiger partial charge on any atom is -0.478 e. The van der Waals surface area contributed by atoms with Gasteiger partial charge in [0.15, 0.2) is 5.17 Å². The summed E-state index contributed by atoms with van der Waals surface area (Å²) in [5.41, 5.74) is 1.36. The van der Waals surface area contributed by atoms with E-state index in [4.69, 9.17) is 9.84 Å². The highest BCUT2D eigenvalue weighted by Gasteiger charge is 2.31. The Balaban J connectivity index is 1.60. The summed E-state index contributed by atoms with van der Waals surface area (Å²) in [5, 5.41) is 15.3. The van der Waals surface area contributed by atoms with Crippen LogP contribution in [-0.4, -0.2) is 43.9 Å². The quantitative estimate of drug-likeness (QED) is 0.636. The number of aromatic carboxylic acids is 1. The summed E-state index contributed by atoms with van der Waals surface area (Å²) in [6.07, 6.45) is 1.13. The molecule has 1 aromatic heterocycles. The second kappa shape index (κ2) is 9.34. The molecule has 0 bridgehead atoms. The van der Waals surface area contributed by atoms with Gasteiger partial charge in [0, 0.05) is 12.7 Å². The Bertz CT molecular complexity index is 988. The lowest BCUT2D eigenvalue weighted by Gasteiger charge is -2.19. The molecule has 9 nitrogen and oxygen atoms in total. The van der Waals surface area contributed by atoms with Gasteiger partial charge in [0.1, 0.15) is 5.60 Å². The highest BCUT2D eigenvalue weighted by molar-refractivity contribution is 8.14. The van der Waals surface area contributed by atoms with Crippen molar-refractivity contribution < 1.29 is 19.4 Å². The van der Waals surface area contributed by atoms with Crippen molar-refractivity contribution in [3.8, 4) is 0 Å². The molecule has 10 heteroatoms. The molecule has 1 aromatic carbocycles. The van der Waals surface area contributed by atoms with E-state index in [1.165, 1.54) is 11.8 Å². The standard InChI is InChI=1S/C21H25N5O4S/c1-12-16(31-19(24-12)26-20(29)30-21(2,3)4)15-9-10-22-18(25-15)23-11-13-5-7-14(8-6-13)17(27)28/h5-10,12,16H,11H2,1-4H3,(H,27,28)(H,22,23,25)(H,24,26,29). The first-order chi connectivity index (χ1) is 14.6. The van der Waals surface area contributed by atoms with Crippen LogP contribution in [0.15, 0.2) is 41.5 Å². The lowest BCUT2D eigenvalue weighted by Crippen LogP contribution is -2.34. The fourth-order valence-corrected chi connectivity index (χ4v) is 3.94. The number of hydrogen-bond donors (Lipinski definition) is 3. The van der Waals surface area contributed by atoms with Gasteiger partial charge < -0.3 is 15.2 Å². The molecule has 2 unspecified atom stereocenters. The lowest BCUT2D eigenvalue weighted by molar-refractivity contribution is 0.0563. The molecule has 0 aliphatic carbocycles. The molecule has 1 aliphatic heterocycles.